The Kier molecular flexibility index (Phi) is 6.73. The second-order valence-electron chi connectivity index (χ2n) is 6.20. The predicted molar refractivity (Wildman–Crippen MR) is 109 cm³/mol. The van der Waals surface area contributed by atoms with E-state index in [0.29, 0.717) is 16.7 Å². The molecule has 0 saturated heterocycles. The van der Waals surface area contributed by atoms with Gasteiger partial charge in [-0.15, -0.1) is 0 Å². The van der Waals surface area contributed by atoms with E-state index in [0.717, 1.165) is 0 Å². The molecule has 0 radical (unpaired) electrons. The Balaban J connectivity index is 1.75. The zero-order chi connectivity index (χ0) is 20.5. The number of oxime groups is 1. The van der Waals surface area contributed by atoms with Gasteiger partial charge in [-0.3, -0.25) is 4.79 Å². The Morgan fingerprint density at radius 3 is 1.90 bits per heavy atom. The highest BCUT2D eigenvalue weighted by atomic mass is 16.5. The van der Waals surface area contributed by atoms with Crippen LogP contribution in [0.25, 0.3) is 0 Å². The average Bonchev–Trinajstić information content (AvgIpc) is 2.79. The first-order valence-corrected chi connectivity index (χ1v) is 9.03. The molecule has 0 spiro atoms. The lowest BCUT2D eigenvalue weighted by molar-refractivity contribution is -0.144. The van der Waals surface area contributed by atoms with Gasteiger partial charge >= 0.3 is 5.97 Å². The molecule has 1 unspecified atom stereocenters. The molecule has 3 aromatic carbocycles. The zero-order valence-corrected chi connectivity index (χ0v) is 15.6. The minimum absolute atomic E-state index is 0.208. The number of amides is 1. The Morgan fingerprint density at radius 2 is 1.34 bits per heavy atom. The van der Waals surface area contributed by atoms with Crippen LogP contribution >= 0.6 is 0 Å². The molecule has 6 heteroatoms. The summed E-state index contributed by atoms with van der Waals surface area (Å²) in [5.74, 6) is -1.05. The number of hydrogen-bond acceptors (Lipinski definition) is 5. The normalized spacial score (nSPS) is 12.1. The minimum Gasteiger partial charge on any atom is -0.457 e. The van der Waals surface area contributed by atoms with E-state index in [9.17, 15) is 14.8 Å². The summed E-state index contributed by atoms with van der Waals surface area (Å²) in [6, 6.07) is 25.3. The molecule has 0 fully saturated rings. The van der Waals surface area contributed by atoms with Crippen molar-refractivity contribution in [1.82, 2.24) is 5.32 Å². The number of benzene rings is 3. The van der Waals surface area contributed by atoms with E-state index in [4.69, 9.17) is 4.74 Å². The van der Waals surface area contributed by atoms with E-state index in [-0.39, 0.29) is 12.3 Å². The van der Waals surface area contributed by atoms with E-state index < -0.39 is 17.9 Å². The number of hydrogen-bond donors (Lipinski definition) is 2. The van der Waals surface area contributed by atoms with Gasteiger partial charge in [0.05, 0.1) is 0 Å². The largest absolute Gasteiger partial charge is 0.457 e. The number of ether oxygens (including phenoxy) is 1. The van der Waals surface area contributed by atoms with Crippen LogP contribution in [-0.2, 0) is 9.53 Å². The Labute approximate surface area is 168 Å². The van der Waals surface area contributed by atoms with Crippen LogP contribution in [-0.4, -0.2) is 29.4 Å². The topological polar surface area (TPSA) is 88.0 Å². The molecule has 6 nitrogen and oxygen atoms in total. The predicted octanol–water partition coefficient (Wildman–Crippen LogP) is 3.58. The smallest absolute Gasteiger partial charge is 0.333 e. The summed E-state index contributed by atoms with van der Waals surface area (Å²) in [6.45, 7) is -0.232. The lowest BCUT2D eigenvalue weighted by atomic mass is 10.1. The van der Waals surface area contributed by atoms with E-state index in [2.05, 4.69) is 10.5 Å². The van der Waals surface area contributed by atoms with Gasteiger partial charge in [0.1, 0.15) is 12.3 Å². The van der Waals surface area contributed by atoms with Crippen molar-refractivity contribution in [2.24, 2.45) is 5.16 Å². The maximum atomic E-state index is 12.8. The molecule has 0 bridgehead atoms. The number of nitrogens with zero attached hydrogens (tertiary/aromatic N) is 1. The van der Waals surface area contributed by atoms with Crippen LogP contribution < -0.4 is 5.32 Å². The van der Waals surface area contributed by atoms with Gasteiger partial charge in [0.25, 0.3) is 5.91 Å². The fourth-order valence-corrected chi connectivity index (χ4v) is 2.75. The van der Waals surface area contributed by atoms with Crippen LogP contribution in [0.15, 0.2) is 96.2 Å². The molecule has 0 aliphatic heterocycles. The first-order chi connectivity index (χ1) is 14.2. The molecule has 2 N–H and O–H groups in total. The van der Waals surface area contributed by atoms with E-state index >= 15 is 0 Å². The highest BCUT2D eigenvalue weighted by molar-refractivity contribution is 6.02. The monoisotopic (exact) mass is 388 g/mol. The van der Waals surface area contributed by atoms with Gasteiger partial charge in [0.2, 0.25) is 0 Å². The molecule has 0 saturated carbocycles. The standard InChI is InChI=1S/C23H20N2O4/c26-22(19-14-8-3-9-15-19)24-21(18-12-6-2-7-13-18)23(27)29-16-20(25-28)17-10-4-1-5-11-17/h1-15,21,28H,16H2,(H,24,26)/b25-20-. The zero-order valence-electron chi connectivity index (χ0n) is 15.6. The molecule has 29 heavy (non-hydrogen) atoms. The van der Waals surface area contributed by atoms with E-state index in [1.807, 2.05) is 12.1 Å². The average molecular weight is 388 g/mol. The van der Waals surface area contributed by atoms with Crippen molar-refractivity contribution >= 4 is 17.6 Å². The molecular formula is C23H20N2O4. The maximum absolute atomic E-state index is 12.8. The third kappa shape index (κ3) is 5.29. The van der Waals surface area contributed by atoms with E-state index in [1.54, 1.807) is 78.9 Å². The van der Waals surface area contributed by atoms with Crippen molar-refractivity contribution in [2.45, 2.75) is 6.04 Å². The van der Waals surface area contributed by atoms with Gasteiger partial charge < -0.3 is 15.3 Å². The fraction of sp³-hybridized carbons (Fsp3) is 0.0870. The van der Waals surface area contributed by atoms with Gasteiger partial charge in [-0.25, -0.2) is 4.79 Å². The lowest BCUT2D eigenvalue weighted by Gasteiger charge is -2.18. The van der Waals surface area contributed by atoms with Crippen LogP contribution in [0.2, 0.25) is 0 Å². The van der Waals surface area contributed by atoms with Crippen LogP contribution in [0.5, 0.6) is 0 Å². The second-order valence-corrected chi connectivity index (χ2v) is 6.20. The summed E-state index contributed by atoms with van der Waals surface area (Å²) in [7, 11) is 0. The van der Waals surface area contributed by atoms with Crippen LogP contribution in [0.1, 0.15) is 27.5 Å². The third-order valence-corrected chi connectivity index (χ3v) is 4.26. The van der Waals surface area contributed by atoms with Crippen LogP contribution in [0.3, 0.4) is 0 Å². The Morgan fingerprint density at radius 1 is 0.828 bits per heavy atom. The molecule has 146 valence electrons. The van der Waals surface area contributed by atoms with Crippen molar-refractivity contribution < 1.29 is 19.5 Å². The summed E-state index contributed by atoms with van der Waals surface area (Å²) >= 11 is 0. The summed E-state index contributed by atoms with van der Waals surface area (Å²) in [4.78, 5) is 25.4. The van der Waals surface area contributed by atoms with Crippen LogP contribution in [0.4, 0.5) is 0 Å². The fourth-order valence-electron chi connectivity index (χ4n) is 2.75. The van der Waals surface area contributed by atoms with Gasteiger partial charge in [0.15, 0.2) is 6.04 Å². The first-order valence-electron chi connectivity index (χ1n) is 9.03. The third-order valence-electron chi connectivity index (χ3n) is 4.26. The van der Waals surface area contributed by atoms with Gasteiger partial charge in [0, 0.05) is 11.1 Å². The molecular weight excluding hydrogens is 368 g/mol. The molecule has 1 amide bonds. The van der Waals surface area contributed by atoms with Crippen molar-refractivity contribution in [3.05, 3.63) is 108 Å². The SMILES string of the molecule is O=C(NC(C(=O)OC/C(=N/O)c1ccccc1)c1ccccc1)c1ccccc1. The summed E-state index contributed by atoms with van der Waals surface area (Å²) in [6.07, 6.45) is 0. The van der Waals surface area contributed by atoms with Crippen molar-refractivity contribution in [1.29, 1.82) is 0 Å². The van der Waals surface area contributed by atoms with Gasteiger partial charge in [-0.2, -0.15) is 0 Å². The Hall–Kier alpha value is -3.93. The molecule has 3 aromatic rings. The second kappa shape index (κ2) is 9.85. The molecule has 0 aliphatic rings. The molecule has 1 atom stereocenters. The maximum Gasteiger partial charge on any atom is 0.333 e. The molecule has 3 rings (SSSR count). The first kappa shape index (κ1) is 19.8. The molecule has 0 heterocycles. The van der Waals surface area contributed by atoms with Crippen LogP contribution in [0, 0.1) is 0 Å². The summed E-state index contributed by atoms with van der Waals surface area (Å²) in [5, 5.41) is 15.2. The highest BCUT2D eigenvalue weighted by Crippen LogP contribution is 2.16. The van der Waals surface area contributed by atoms with Gasteiger partial charge in [-0.1, -0.05) is 84.0 Å². The highest BCUT2D eigenvalue weighted by Gasteiger charge is 2.25. The lowest BCUT2D eigenvalue weighted by Crippen LogP contribution is -2.35. The number of carbonyl (C=O) groups excluding carboxylic acids is 2. The van der Waals surface area contributed by atoms with Gasteiger partial charge in [-0.05, 0) is 17.7 Å². The van der Waals surface area contributed by atoms with E-state index in [1.165, 1.54) is 0 Å². The Bertz CT molecular complexity index is 974. The minimum atomic E-state index is -1.00. The van der Waals surface area contributed by atoms with Crippen molar-refractivity contribution in [3.63, 3.8) is 0 Å². The molecule has 0 aromatic heterocycles. The number of esters is 1. The number of nitrogens with one attached hydrogen (secondary N) is 1. The summed E-state index contributed by atoms with van der Waals surface area (Å²) < 4.78 is 5.36. The quantitative estimate of drug-likeness (QED) is 0.280. The molecule has 0 aliphatic carbocycles. The number of carbonyl (C=O) groups is 2. The number of rotatable bonds is 7. The van der Waals surface area contributed by atoms with Crippen molar-refractivity contribution in [2.75, 3.05) is 6.61 Å². The summed E-state index contributed by atoms with van der Waals surface area (Å²) in [5.41, 5.74) is 1.86. The van der Waals surface area contributed by atoms with Crippen molar-refractivity contribution in [3.8, 4) is 0 Å².